The molecule has 96 valence electrons. The molecule has 3 rings (SSSR count). The summed E-state index contributed by atoms with van der Waals surface area (Å²) in [6, 6.07) is 11.8. The van der Waals surface area contributed by atoms with Crippen LogP contribution in [0.2, 0.25) is 0 Å². The van der Waals surface area contributed by atoms with Crippen LogP contribution in [-0.4, -0.2) is 4.98 Å². The van der Waals surface area contributed by atoms with Crippen molar-refractivity contribution in [2.75, 3.05) is 0 Å². The number of rotatable bonds is 1. The fourth-order valence-electron chi connectivity index (χ4n) is 2.65. The Hall–Kier alpha value is -2.09. The Morgan fingerprint density at radius 2 is 1.63 bits per heavy atom. The first-order chi connectivity index (χ1) is 9.08. The van der Waals surface area contributed by atoms with Crippen LogP contribution in [0.15, 0.2) is 36.4 Å². The molecule has 2 heteroatoms. The van der Waals surface area contributed by atoms with E-state index in [1.54, 1.807) is 0 Å². The predicted molar refractivity (Wildman–Crippen MR) is 77.9 cm³/mol. The van der Waals surface area contributed by atoms with Gasteiger partial charge in [-0.05, 0) is 44.0 Å². The van der Waals surface area contributed by atoms with Crippen molar-refractivity contribution < 1.29 is 4.39 Å². The molecule has 0 radical (unpaired) electrons. The minimum atomic E-state index is -0.156. The first kappa shape index (κ1) is 12.0. The van der Waals surface area contributed by atoms with Crippen LogP contribution in [0.3, 0.4) is 0 Å². The molecule has 0 aliphatic heterocycles. The summed E-state index contributed by atoms with van der Waals surface area (Å²) in [5.41, 5.74) is 5.65. The van der Waals surface area contributed by atoms with Crippen molar-refractivity contribution in [1.82, 2.24) is 4.98 Å². The fourth-order valence-corrected chi connectivity index (χ4v) is 2.65. The minimum absolute atomic E-state index is 0.156. The maximum absolute atomic E-state index is 14.6. The fraction of sp³-hybridized carbons (Fsp3) is 0.176. The van der Waals surface area contributed by atoms with Crippen LogP contribution < -0.4 is 0 Å². The molecule has 3 aromatic rings. The van der Waals surface area contributed by atoms with Crippen LogP contribution in [0.1, 0.15) is 16.7 Å². The van der Waals surface area contributed by atoms with Gasteiger partial charge < -0.3 is 4.98 Å². The second-order valence-electron chi connectivity index (χ2n) is 5.13. The quantitative estimate of drug-likeness (QED) is 0.635. The van der Waals surface area contributed by atoms with Gasteiger partial charge in [-0.3, -0.25) is 0 Å². The molecule has 0 bridgehead atoms. The highest BCUT2D eigenvalue weighted by Crippen LogP contribution is 2.33. The zero-order valence-electron chi connectivity index (χ0n) is 11.3. The molecule has 0 spiro atoms. The number of halogens is 1. The number of nitrogens with one attached hydrogen (secondary N) is 1. The number of fused-ring (bicyclic) bond motifs is 1. The molecule has 1 aromatic heterocycles. The van der Waals surface area contributed by atoms with Crippen molar-refractivity contribution >= 4 is 10.9 Å². The number of aromatic amines is 1. The Kier molecular flexibility index (Phi) is 2.67. The van der Waals surface area contributed by atoms with Gasteiger partial charge >= 0.3 is 0 Å². The Morgan fingerprint density at radius 3 is 2.32 bits per heavy atom. The lowest BCUT2D eigenvalue weighted by Gasteiger charge is -2.07. The van der Waals surface area contributed by atoms with E-state index in [0.29, 0.717) is 11.1 Å². The summed E-state index contributed by atoms with van der Waals surface area (Å²) in [6.07, 6.45) is 0. The number of benzene rings is 2. The van der Waals surface area contributed by atoms with Gasteiger partial charge in [-0.1, -0.05) is 29.8 Å². The van der Waals surface area contributed by atoms with E-state index in [9.17, 15) is 4.39 Å². The van der Waals surface area contributed by atoms with E-state index in [1.807, 2.05) is 57.2 Å². The van der Waals surface area contributed by atoms with Crippen LogP contribution in [-0.2, 0) is 0 Å². The summed E-state index contributed by atoms with van der Waals surface area (Å²) >= 11 is 0. The van der Waals surface area contributed by atoms with Crippen LogP contribution >= 0.6 is 0 Å². The summed E-state index contributed by atoms with van der Waals surface area (Å²) in [7, 11) is 0. The highest BCUT2D eigenvalue weighted by atomic mass is 19.1. The summed E-state index contributed by atoms with van der Waals surface area (Å²) in [5.74, 6) is -0.156. The van der Waals surface area contributed by atoms with Gasteiger partial charge in [0, 0.05) is 16.5 Å². The number of H-pyrrole nitrogens is 1. The van der Waals surface area contributed by atoms with Crippen LogP contribution in [0, 0.1) is 26.6 Å². The topological polar surface area (TPSA) is 15.8 Å². The van der Waals surface area contributed by atoms with Gasteiger partial charge in [-0.15, -0.1) is 0 Å². The van der Waals surface area contributed by atoms with E-state index in [4.69, 9.17) is 0 Å². The molecule has 2 aromatic carbocycles. The van der Waals surface area contributed by atoms with Crippen molar-refractivity contribution in [2.45, 2.75) is 20.8 Å². The zero-order valence-corrected chi connectivity index (χ0v) is 11.3. The van der Waals surface area contributed by atoms with E-state index in [2.05, 4.69) is 4.98 Å². The van der Waals surface area contributed by atoms with E-state index in [1.165, 1.54) is 0 Å². The lowest BCUT2D eigenvalue weighted by atomic mass is 10.00. The van der Waals surface area contributed by atoms with Gasteiger partial charge in [0.15, 0.2) is 5.82 Å². The third-order valence-electron chi connectivity index (χ3n) is 3.62. The Labute approximate surface area is 112 Å². The maximum atomic E-state index is 14.6. The van der Waals surface area contributed by atoms with Gasteiger partial charge in [0.2, 0.25) is 0 Å². The summed E-state index contributed by atoms with van der Waals surface area (Å²) in [5, 5.41) is 0.664. The maximum Gasteiger partial charge on any atom is 0.156 e. The Bertz CT molecular complexity index is 748. The van der Waals surface area contributed by atoms with Crippen molar-refractivity contribution in [2.24, 2.45) is 0 Å². The van der Waals surface area contributed by atoms with Gasteiger partial charge in [-0.25, -0.2) is 4.39 Å². The molecular weight excluding hydrogens is 237 g/mol. The molecule has 1 nitrogen and oxygen atoms in total. The average molecular weight is 253 g/mol. The zero-order chi connectivity index (χ0) is 13.6. The minimum Gasteiger partial charge on any atom is -0.352 e. The van der Waals surface area contributed by atoms with Crippen molar-refractivity contribution in [3.05, 3.63) is 58.9 Å². The molecule has 0 aliphatic rings. The third kappa shape index (κ3) is 1.84. The smallest absolute Gasteiger partial charge is 0.156 e. The third-order valence-corrected chi connectivity index (χ3v) is 3.62. The van der Waals surface area contributed by atoms with E-state index in [-0.39, 0.29) is 5.82 Å². The highest BCUT2D eigenvalue weighted by Gasteiger charge is 2.16. The monoisotopic (exact) mass is 253 g/mol. The van der Waals surface area contributed by atoms with Gasteiger partial charge in [0.1, 0.15) is 0 Å². The standard InChI is InChI=1S/C17H16FN/c1-10-7-8-14-13(9-10)16(18)17(19-14)15-11(2)5-4-6-12(15)3/h4-9,19H,1-3H3. The molecule has 0 amide bonds. The van der Waals surface area contributed by atoms with Crippen molar-refractivity contribution in [1.29, 1.82) is 0 Å². The average Bonchev–Trinajstić information content (AvgIpc) is 2.67. The number of hydrogen-bond acceptors (Lipinski definition) is 0. The van der Waals surface area contributed by atoms with Crippen LogP contribution in [0.4, 0.5) is 4.39 Å². The predicted octanol–water partition coefficient (Wildman–Crippen LogP) is 4.90. The second-order valence-corrected chi connectivity index (χ2v) is 5.13. The lowest BCUT2D eigenvalue weighted by Crippen LogP contribution is -1.89. The van der Waals surface area contributed by atoms with Crippen molar-refractivity contribution in [3.63, 3.8) is 0 Å². The SMILES string of the molecule is Cc1ccc2[nH]c(-c3c(C)cccc3C)c(F)c2c1. The molecule has 1 N–H and O–H groups in total. The molecule has 0 atom stereocenters. The summed E-state index contributed by atoms with van der Waals surface area (Å²) in [4.78, 5) is 3.21. The normalized spacial score (nSPS) is 11.2. The van der Waals surface area contributed by atoms with Gasteiger partial charge in [0.25, 0.3) is 0 Å². The van der Waals surface area contributed by atoms with Crippen LogP contribution in [0.25, 0.3) is 22.2 Å². The molecular formula is C17H16FN. The second kappa shape index (κ2) is 4.23. The first-order valence-corrected chi connectivity index (χ1v) is 6.42. The van der Waals surface area contributed by atoms with Crippen LogP contribution in [0.5, 0.6) is 0 Å². The molecule has 0 aliphatic carbocycles. The molecule has 1 heterocycles. The number of aromatic nitrogens is 1. The number of aryl methyl sites for hydroxylation is 3. The summed E-state index contributed by atoms with van der Waals surface area (Å²) < 4.78 is 14.6. The lowest BCUT2D eigenvalue weighted by molar-refractivity contribution is 0.642. The van der Waals surface area contributed by atoms with Gasteiger partial charge in [0.05, 0.1) is 5.69 Å². The molecule has 0 saturated heterocycles. The van der Waals surface area contributed by atoms with E-state index >= 15 is 0 Å². The Morgan fingerprint density at radius 1 is 0.947 bits per heavy atom. The van der Waals surface area contributed by atoms with Gasteiger partial charge in [-0.2, -0.15) is 0 Å². The molecule has 0 fully saturated rings. The highest BCUT2D eigenvalue weighted by molar-refractivity contribution is 5.88. The Balaban J connectivity index is 2.35. The molecule has 19 heavy (non-hydrogen) atoms. The molecule has 0 saturated carbocycles. The largest absolute Gasteiger partial charge is 0.352 e. The van der Waals surface area contributed by atoms with E-state index < -0.39 is 0 Å². The molecule has 0 unspecified atom stereocenters. The summed E-state index contributed by atoms with van der Waals surface area (Å²) in [6.45, 7) is 6.00. The van der Waals surface area contributed by atoms with Crippen molar-refractivity contribution in [3.8, 4) is 11.3 Å². The van der Waals surface area contributed by atoms with E-state index in [0.717, 1.165) is 27.8 Å². The first-order valence-electron chi connectivity index (χ1n) is 6.42. The number of hydrogen-bond donors (Lipinski definition) is 1.